The van der Waals surface area contributed by atoms with Crippen LogP contribution in [0.4, 0.5) is 0 Å². The van der Waals surface area contributed by atoms with Gasteiger partial charge in [0.2, 0.25) is 0 Å². The molecule has 3 N–H and O–H groups in total. The van der Waals surface area contributed by atoms with E-state index in [2.05, 4.69) is 20.8 Å². The highest BCUT2D eigenvalue weighted by Gasteiger charge is 2.35. The molecule has 2 atom stereocenters. The number of carboxylic acids is 1. The van der Waals surface area contributed by atoms with Crippen molar-refractivity contribution < 1.29 is 29.6 Å². The van der Waals surface area contributed by atoms with Crippen LogP contribution in [0.1, 0.15) is 60.9 Å². The van der Waals surface area contributed by atoms with Gasteiger partial charge in [-0.1, -0.05) is 30.3 Å². The van der Waals surface area contributed by atoms with Gasteiger partial charge < -0.3 is 24.8 Å². The van der Waals surface area contributed by atoms with Gasteiger partial charge in [-0.05, 0) is 63.6 Å². The highest BCUT2D eigenvalue weighted by Crippen LogP contribution is 2.46. The van der Waals surface area contributed by atoms with E-state index < -0.39 is 18.2 Å². The lowest BCUT2D eigenvalue weighted by atomic mass is 9.90. The first kappa shape index (κ1) is 24.1. The van der Waals surface area contributed by atoms with Crippen molar-refractivity contribution in [1.29, 1.82) is 0 Å². The van der Waals surface area contributed by atoms with Crippen molar-refractivity contribution in [3.05, 3.63) is 58.1 Å². The van der Waals surface area contributed by atoms with Gasteiger partial charge in [-0.3, -0.25) is 4.79 Å². The minimum absolute atomic E-state index is 0.0309. The molecule has 2 aromatic rings. The second kappa shape index (κ2) is 9.92. The van der Waals surface area contributed by atoms with Crippen LogP contribution in [0.2, 0.25) is 0 Å². The molecule has 0 bridgehead atoms. The summed E-state index contributed by atoms with van der Waals surface area (Å²) in [6.07, 6.45) is -0.477. The van der Waals surface area contributed by atoms with Crippen LogP contribution < -0.4 is 9.47 Å². The van der Waals surface area contributed by atoms with E-state index in [1.807, 2.05) is 37.3 Å². The standard InChI is InChI=1S/C26H34O6/c1-16-21(11-10-19(27)12-20(28)13-23(29)30)25-22(14-26(3,4)32-25)17(2)24(16)31-15-18-8-6-5-7-9-18/h5-9,19-20,27-28H,10-15H2,1-4H3,(H,29,30). The molecule has 0 radical (unpaired) electrons. The summed E-state index contributed by atoms with van der Waals surface area (Å²) < 4.78 is 12.6. The fourth-order valence-electron chi connectivity index (χ4n) is 4.43. The van der Waals surface area contributed by atoms with Crippen molar-refractivity contribution >= 4 is 5.97 Å². The van der Waals surface area contributed by atoms with Crippen LogP contribution in [0.3, 0.4) is 0 Å². The van der Waals surface area contributed by atoms with E-state index in [9.17, 15) is 15.0 Å². The smallest absolute Gasteiger partial charge is 0.305 e. The summed E-state index contributed by atoms with van der Waals surface area (Å²) in [7, 11) is 0. The maximum absolute atomic E-state index is 10.8. The zero-order valence-corrected chi connectivity index (χ0v) is 19.4. The molecule has 1 aliphatic rings. The molecule has 0 spiro atoms. The van der Waals surface area contributed by atoms with Gasteiger partial charge in [0.1, 0.15) is 23.7 Å². The summed E-state index contributed by atoms with van der Waals surface area (Å²) in [6, 6.07) is 10.0. The van der Waals surface area contributed by atoms with E-state index in [-0.39, 0.29) is 18.4 Å². The molecule has 0 saturated carbocycles. The Morgan fingerprint density at radius 1 is 1.12 bits per heavy atom. The fraction of sp³-hybridized carbons (Fsp3) is 0.500. The minimum Gasteiger partial charge on any atom is -0.488 e. The molecule has 0 amide bonds. The largest absolute Gasteiger partial charge is 0.488 e. The number of hydrogen-bond donors (Lipinski definition) is 3. The van der Waals surface area contributed by atoms with E-state index >= 15 is 0 Å². The van der Waals surface area contributed by atoms with Crippen molar-refractivity contribution in [3.8, 4) is 11.5 Å². The van der Waals surface area contributed by atoms with Gasteiger partial charge in [-0.2, -0.15) is 0 Å². The lowest BCUT2D eigenvalue weighted by Crippen LogP contribution is -2.25. The average molecular weight is 443 g/mol. The molecule has 0 fully saturated rings. The van der Waals surface area contributed by atoms with E-state index in [0.717, 1.165) is 45.7 Å². The molecule has 6 nitrogen and oxygen atoms in total. The Kier molecular flexibility index (Phi) is 7.47. The van der Waals surface area contributed by atoms with E-state index in [1.165, 1.54) is 0 Å². The number of carboxylic acid groups (broad SMARTS) is 1. The van der Waals surface area contributed by atoms with Gasteiger partial charge >= 0.3 is 5.97 Å². The average Bonchev–Trinajstić information content (AvgIpc) is 3.03. The molecule has 0 saturated heterocycles. The number of carbonyl (C=O) groups is 1. The van der Waals surface area contributed by atoms with E-state index in [0.29, 0.717) is 19.4 Å². The molecular weight excluding hydrogens is 408 g/mol. The Morgan fingerprint density at radius 3 is 2.47 bits per heavy atom. The Bertz CT molecular complexity index is 951. The number of ether oxygens (including phenoxy) is 2. The fourth-order valence-corrected chi connectivity index (χ4v) is 4.43. The van der Waals surface area contributed by atoms with Crippen LogP contribution in [-0.2, 0) is 24.2 Å². The first-order valence-corrected chi connectivity index (χ1v) is 11.2. The third kappa shape index (κ3) is 5.81. The summed E-state index contributed by atoms with van der Waals surface area (Å²) in [4.78, 5) is 10.8. The number of rotatable bonds is 10. The van der Waals surface area contributed by atoms with Crippen LogP contribution in [-0.4, -0.2) is 39.1 Å². The maximum Gasteiger partial charge on any atom is 0.305 e. The first-order chi connectivity index (χ1) is 15.1. The molecule has 1 heterocycles. The number of hydrogen-bond acceptors (Lipinski definition) is 5. The number of aliphatic hydroxyl groups is 2. The lowest BCUT2D eigenvalue weighted by Gasteiger charge is -2.22. The van der Waals surface area contributed by atoms with Crippen LogP contribution in [0.5, 0.6) is 11.5 Å². The monoisotopic (exact) mass is 442 g/mol. The molecule has 0 aromatic heterocycles. The minimum atomic E-state index is -1.08. The molecule has 2 aromatic carbocycles. The van der Waals surface area contributed by atoms with Crippen molar-refractivity contribution in [2.24, 2.45) is 0 Å². The summed E-state index contributed by atoms with van der Waals surface area (Å²) in [6.45, 7) is 8.68. The second-order valence-corrected chi connectivity index (χ2v) is 9.36. The number of fused-ring (bicyclic) bond motifs is 1. The van der Waals surface area contributed by atoms with Crippen molar-refractivity contribution in [2.45, 2.75) is 84.2 Å². The Morgan fingerprint density at radius 2 is 1.81 bits per heavy atom. The SMILES string of the molecule is Cc1c(CCC(O)CC(O)CC(=O)O)c2c(c(C)c1OCc1ccccc1)CC(C)(C)O2. The van der Waals surface area contributed by atoms with Gasteiger partial charge in [0.25, 0.3) is 0 Å². The normalized spacial score (nSPS) is 16.2. The third-order valence-corrected chi connectivity index (χ3v) is 6.02. The van der Waals surface area contributed by atoms with Crippen LogP contribution in [0.25, 0.3) is 0 Å². The Balaban J connectivity index is 1.83. The topological polar surface area (TPSA) is 96.2 Å². The zero-order valence-electron chi connectivity index (χ0n) is 19.4. The summed E-state index contributed by atoms with van der Waals surface area (Å²) >= 11 is 0. The van der Waals surface area contributed by atoms with Crippen LogP contribution in [0, 0.1) is 13.8 Å². The van der Waals surface area contributed by atoms with Gasteiger partial charge in [-0.15, -0.1) is 0 Å². The van der Waals surface area contributed by atoms with Crippen LogP contribution >= 0.6 is 0 Å². The quantitative estimate of drug-likeness (QED) is 0.512. The van der Waals surface area contributed by atoms with Gasteiger partial charge in [0.05, 0.1) is 18.6 Å². The molecule has 3 rings (SSSR count). The maximum atomic E-state index is 10.8. The molecule has 0 aliphatic carbocycles. The highest BCUT2D eigenvalue weighted by molar-refractivity contribution is 5.67. The predicted molar refractivity (Wildman–Crippen MR) is 122 cm³/mol. The summed E-state index contributed by atoms with van der Waals surface area (Å²) in [5.41, 5.74) is 4.99. The molecule has 32 heavy (non-hydrogen) atoms. The number of benzene rings is 2. The number of aliphatic hydroxyl groups excluding tert-OH is 2. The highest BCUT2D eigenvalue weighted by atomic mass is 16.5. The van der Waals surface area contributed by atoms with Crippen molar-refractivity contribution in [1.82, 2.24) is 0 Å². The molecule has 1 aliphatic heterocycles. The van der Waals surface area contributed by atoms with Crippen molar-refractivity contribution in [2.75, 3.05) is 0 Å². The Hall–Kier alpha value is -2.57. The molecule has 2 unspecified atom stereocenters. The third-order valence-electron chi connectivity index (χ3n) is 6.02. The molecule has 174 valence electrons. The lowest BCUT2D eigenvalue weighted by molar-refractivity contribution is -0.139. The summed E-state index contributed by atoms with van der Waals surface area (Å²) in [5.74, 6) is 0.646. The number of aliphatic carboxylic acids is 1. The van der Waals surface area contributed by atoms with Crippen molar-refractivity contribution in [3.63, 3.8) is 0 Å². The molecule has 6 heteroatoms. The van der Waals surface area contributed by atoms with E-state index in [4.69, 9.17) is 14.6 Å². The zero-order chi connectivity index (χ0) is 23.5. The van der Waals surface area contributed by atoms with E-state index in [1.54, 1.807) is 0 Å². The summed E-state index contributed by atoms with van der Waals surface area (Å²) in [5, 5.41) is 29.0. The predicted octanol–water partition coefficient (Wildman–Crippen LogP) is 4.12. The van der Waals surface area contributed by atoms with Gasteiger partial charge in [0, 0.05) is 17.5 Å². The first-order valence-electron chi connectivity index (χ1n) is 11.2. The van der Waals surface area contributed by atoms with Crippen LogP contribution in [0.15, 0.2) is 30.3 Å². The van der Waals surface area contributed by atoms with Gasteiger partial charge in [-0.25, -0.2) is 0 Å². The Labute approximate surface area is 189 Å². The second-order valence-electron chi connectivity index (χ2n) is 9.36. The van der Waals surface area contributed by atoms with Gasteiger partial charge in [0.15, 0.2) is 0 Å². The molecular formula is C26H34O6.